The first kappa shape index (κ1) is 21.7. The van der Waals surface area contributed by atoms with Crippen LogP contribution in [0.25, 0.3) is 10.9 Å². The van der Waals surface area contributed by atoms with Crippen molar-refractivity contribution in [3.8, 4) is 6.07 Å². The van der Waals surface area contributed by atoms with Crippen LogP contribution in [0.4, 0.5) is 4.39 Å². The molecule has 2 aliphatic carbocycles. The first-order valence-corrected chi connectivity index (χ1v) is 11.5. The molecule has 5 atom stereocenters. The average molecular weight is 444 g/mol. The number of carbonyl (C=O) groups excluding carboxylic acids is 1. The summed E-state index contributed by atoms with van der Waals surface area (Å²) < 4.78 is 13.9. The zero-order chi connectivity index (χ0) is 23.2. The van der Waals surface area contributed by atoms with Crippen LogP contribution >= 0.6 is 0 Å². The Bertz CT molecular complexity index is 1230. The molecule has 2 aromatic heterocycles. The van der Waals surface area contributed by atoms with E-state index in [9.17, 15) is 14.3 Å². The zero-order valence-electron chi connectivity index (χ0n) is 18.5. The smallest absolute Gasteiger partial charge is 0.170 e. The largest absolute Gasteiger partial charge is 0.382 e. The normalized spacial score (nSPS) is 26.0. The number of ketones is 1. The lowest BCUT2D eigenvalue weighted by Gasteiger charge is -2.30. The third kappa shape index (κ3) is 4.02. The Balaban J connectivity index is 1.27. The zero-order valence-corrected chi connectivity index (χ0v) is 18.5. The van der Waals surface area contributed by atoms with E-state index in [2.05, 4.69) is 9.97 Å². The van der Waals surface area contributed by atoms with Crippen LogP contribution < -0.4 is 0 Å². The Labute approximate surface area is 192 Å². The van der Waals surface area contributed by atoms with Crippen molar-refractivity contribution < 1.29 is 14.3 Å². The van der Waals surface area contributed by atoms with Crippen molar-refractivity contribution >= 4 is 16.7 Å². The van der Waals surface area contributed by atoms with E-state index in [0.29, 0.717) is 29.0 Å². The SMILES string of the molecule is CC(O)(C(=O)Cc1ccc(C#N)cn1)C1C[C@H]2CC(c3ccnc4ccc(F)cc34)C[C@H]2C1. The molecular formula is C27H26FN3O2. The van der Waals surface area contributed by atoms with Crippen LogP contribution in [0.3, 0.4) is 0 Å². The van der Waals surface area contributed by atoms with Gasteiger partial charge in [0.15, 0.2) is 5.78 Å². The molecule has 5 nitrogen and oxygen atoms in total. The highest BCUT2D eigenvalue weighted by molar-refractivity contribution is 5.88. The first-order chi connectivity index (χ1) is 15.8. The standard InChI is InChI=1S/C27H26FN3O2/c1-27(33,26(32)13-22-4-2-16(14-29)15-31-22)20-10-17-8-19(9-18(17)11-20)23-6-7-30-25-5-3-21(28)12-24(23)25/h2-7,12,15,17-20,33H,8-11,13H2,1H3/t17-,18+,19?,20?,27?. The van der Waals surface area contributed by atoms with Crippen LogP contribution in [0.5, 0.6) is 0 Å². The molecule has 1 aromatic carbocycles. The quantitative estimate of drug-likeness (QED) is 0.616. The highest BCUT2D eigenvalue weighted by atomic mass is 19.1. The molecule has 6 heteroatoms. The van der Waals surface area contributed by atoms with E-state index in [-0.39, 0.29) is 23.9 Å². The Morgan fingerprint density at radius 1 is 1.15 bits per heavy atom. The van der Waals surface area contributed by atoms with Gasteiger partial charge < -0.3 is 5.11 Å². The van der Waals surface area contributed by atoms with Crippen molar-refractivity contribution in [1.82, 2.24) is 9.97 Å². The number of benzene rings is 1. The van der Waals surface area contributed by atoms with E-state index in [1.807, 2.05) is 12.1 Å². The maximum Gasteiger partial charge on any atom is 0.170 e. The number of pyridine rings is 2. The Kier molecular flexibility index (Phi) is 5.46. The summed E-state index contributed by atoms with van der Waals surface area (Å²) in [5, 5.41) is 21.0. The molecule has 0 amide bonds. The van der Waals surface area contributed by atoms with Crippen molar-refractivity contribution in [3.05, 3.63) is 71.4 Å². The molecule has 0 saturated heterocycles. The third-order valence-corrected chi connectivity index (χ3v) is 7.85. The minimum atomic E-state index is -1.40. The maximum absolute atomic E-state index is 13.9. The second-order valence-corrected chi connectivity index (χ2v) is 9.82. The van der Waals surface area contributed by atoms with Gasteiger partial charge in [0.05, 0.1) is 17.5 Å². The molecule has 1 N–H and O–H groups in total. The van der Waals surface area contributed by atoms with Gasteiger partial charge in [-0.25, -0.2) is 4.39 Å². The first-order valence-electron chi connectivity index (χ1n) is 11.5. The van der Waals surface area contributed by atoms with Crippen LogP contribution in [0, 0.1) is 34.9 Å². The summed E-state index contributed by atoms with van der Waals surface area (Å²) in [4.78, 5) is 21.5. The molecule has 3 aromatic rings. The van der Waals surface area contributed by atoms with Gasteiger partial charge in [0.2, 0.25) is 0 Å². The average Bonchev–Trinajstić information content (AvgIpc) is 3.39. The van der Waals surface area contributed by atoms with Crippen molar-refractivity contribution in [2.75, 3.05) is 0 Å². The summed E-state index contributed by atoms with van der Waals surface area (Å²) in [6.07, 6.45) is 6.91. The molecule has 0 bridgehead atoms. The summed E-state index contributed by atoms with van der Waals surface area (Å²) in [7, 11) is 0. The fraction of sp³-hybridized carbons (Fsp3) is 0.407. The Morgan fingerprint density at radius 2 is 1.91 bits per heavy atom. The minimum absolute atomic E-state index is 0.0573. The molecular weight excluding hydrogens is 417 g/mol. The van der Waals surface area contributed by atoms with E-state index in [4.69, 9.17) is 5.26 Å². The number of fused-ring (bicyclic) bond motifs is 2. The van der Waals surface area contributed by atoms with Gasteiger partial charge in [0, 0.05) is 23.5 Å². The third-order valence-electron chi connectivity index (χ3n) is 7.85. The van der Waals surface area contributed by atoms with Gasteiger partial charge in [-0.2, -0.15) is 5.26 Å². The fourth-order valence-corrected chi connectivity index (χ4v) is 5.99. The second-order valence-electron chi connectivity index (χ2n) is 9.82. The van der Waals surface area contributed by atoms with Crippen LogP contribution in [-0.4, -0.2) is 26.5 Å². The predicted octanol–water partition coefficient (Wildman–Crippen LogP) is 4.72. The highest BCUT2D eigenvalue weighted by Gasteiger charge is 2.50. The van der Waals surface area contributed by atoms with Crippen LogP contribution in [0.2, 0.25) is 0 Å². The van der Waals surface area contributed by atoms with Crippen LogP contribution in [0.1, 0.15) is 55.3 Å². The molecule has 33 heavy (non-hydrogen) atoms. The summed E-state index contributed by atoms with van der Waals surface area (Å²) in [5.74, 6) is 0.689. The molecule has 0 aliphatic heterocycles. The molecule has 5 rings (SSSR count). The van der Waals surface area contributed by atoms with E-state index in [0.717, 1.165) is 42.1 Å². The lowest BCUT2D eigenvalue weighted by atomic mass is 9.80. The van der Waals surface area contributed by atoms with Gasteiger partial charge in [-0.15, -0.1) is 0 Å². The number of aliphatic hydroxyl groups is 1. The summed E-state index contributed by atoms with van der Waals surface area (Å²) in [6, 6.07) is 12.1. The number of rotatable bonds is 5. The molecule has 168 valence electrons. The number of hydrogen-bond donors (Lipinski definition) is 1. The molecule has 0 radical (unpaired) electrons. The molecule has 2 fully saturated rings. The van der Waals surface area contributed by atoms with Crippen LogP contribution in [0.15, 0.2) is 48.8 Å². The van der Waals surface area contributed by atoms with E-state index >= 15 is 0 Å². The maximum atomic E-state index is 13.9. The molecule has 2 heterocycles. The van der Waals surface area contributed by atoms with E-state index < -0.39 is 5.60 Å². The minimum Gasteiger partial charge on any atom is -0.382 e. The summed E-state index contributed by atoms with van der Waals surface area (Å²) in [5.41, 5.74) is 1.58. The lowest BCUT2D eigenvalue weighted by Crippen LogP contribution is -2.43. The Hall–Kier alpha value is -3.17. The van der Waals surface area contributed by atoms with Gasteiger partial charge in [-0.3, -0.25) is 14.8 Å². The monoisotopic (exact) mass is 443 g/mol. The van der Waals surface area contributed by atoms with Crippen molar-refractivity contribution in [1.29, 1.82) is 5.26 Å². The lowest BCUT2D eigenvalue weighted by molar-refractivity contribution is -0.140. The van der Waals surface area contributed by atoms with Gasteiger partial charge in [-0.05, 0) is 98.2 Å². The number of aromatic nitrogens is 2. The van der Waals surface area contributed by atoms with E-state index in [1.54, 1.807) is 37.4 Å². The number of nitrogens with zero attached hydrogens (tertiary/aromatic N) is 3. The van der Waals surface area contributed by atoms with Crippen molar-refractivity contribution in [2.45, 2.75) is 50.5 Å². The summed E-state index contributed by atoms with van der Waals surface area (Å²) in [6.45, 7) is 1.64. The molecule has 0 spiro atoms. The van der Waals surface area contributed by atoms with Gasteiger partial charge >= 0.3 is 0 Å². The number of Topliss-reactive ketones (excluding diaryl/α,β-unsaturated/α-hetero) is 1. The fourth-order valence-electron chi connectivity index (χ4n) is 5.99. The number of carbonyl (C=O) groups is 1. The predicted molar refractivity (Wildman–Crippen MR) is 122 cm³/mol. The topological polar surface area (TPSA) is 86.9 Å². The van der Waals surface area contributed by atoms with Gasteiger partial charge in [0.25, 0.3) is 0 Å². The van der Waals surface area contributed by atoms with Crippen LogP contribution in [-0.2, 0) is 11.2 Å². The van der Waals surface area contributed by atoms with E-state index in [1.165, 1.54) is 12.3 Å². The number of hydrogen-bond acceptors (Lipinski definition) is 5. The van der Waals surface area contributed by atoms with Crippen molar-refractivity contribution in [3.63, 3.8) is 0 Å². The van der Waals surface area contributed by atoms with Gasteiger partial charge in [0.1, 0.15) is 17.5 Å². The molecule has 2 aliphatic rings. The van der Waals surface area contributed by atoms with Crippen molar-refractivity contribution in [2.24, 2.45) is 17.8 Å². The number of nitriles is 1. The number of halogens is 1. The molecule has 3 unspecified atom stereocenters. The van der Waals surface area contributed by atoms with Gasteiger partial charge in [-0.1, -0.05) is 0 Å². The highest BCUT2D eigenvalue weighted by Crippen LogP contribution is 2.55. The summed E-state index contributed by atoms with van der Waals surface area (Å²) >= 11 is 0. The second kappa shape index (κ2) is 8.31. The molecule has 2 saturated carbocycles. The Morgan fingerprint density at radius 3 is 2.58 bits per heavy atom.